The van der Waals surface area contributed by atoms with Crippen molar-refractivity contribution in [1.29, 1.82) is 0 Å². The fourth-order valence-corrected chi connectivity index (χ4v) is 7.89. The second kappa shape index (κ2) is 55.4. The van der Waals surface area contributed by atoms with Crippen molar-refractivity contribution in [2.45, 2.75) is 284 Å². The molecule has 0 bridgehead atoms. The standard InChI is InChI=1S/C61H106O6/c1-4-7-10-13-16-19-22-25-28-30-31-32-34-36-39-42-45-48-51-54-60(63)66-57-58(56-65-59(62)53-50-47-44-41-38-35-27-24-21-18-15-12-9-6-3)67-61(64)55-52-49-46-43-40-37-33-29-26-23-20-17-14-11-8-5-2/h7,10,16,19,25,28-29,31-33,35,38,58H,4-6,8-9,11-15,17-18,20-24,26-27,30,34,36-37,39-57H2,1-3H3/b10-7-,19-16-,28-25-,32-31-,33-29-,38-35-. The number of esters is 3. The summed E-state index contributed by atoms with van der Waals surface area (Å²) in [7, 11) is 0. The molecular formula is C61H106O6. The van der Waals surface area contributed by atoms with Crippen molar-refractivity contribution < 1.29 is 28.6 Å². The molecule has 67 heavy (non-hydrogen) atoms. The van der Waals surface area contributed by atoms with E-state index in [0.717, 1.165) is 116 Å². The van der Waals surface area contributed by atoms with Crippen LogP contribution >= 0.6 is 0 Å². The van der Waals surface area contributed by atoms with Gasteiger partial charge in [0.25, 0.3) is 0 Å². The van der Waals surface area contributed by atoms with Crippen LogP contribution in [-0.2, 0) is 28.6 Å². The quantitative estimate of drug-likeness (QED) is 0.0262. The summed E-state index contributed by atoms with van der Waals surface area (Å²) >= 11 is 0. The summed E-state index contributed by atoms with van der Waals surface area (Å²) in [6.07, 6.45) is 70.3. The lowest BCUT2D eigenvalue weighted by molar-refractivity contribution is -0.167. The maximum atomic E-state index is 12.8. The van der Waals surface area contributed by atoms with Gasteiger partial charge in [-0.05, 0) is 109 Å². The molecule has 0 heterocycles. The number of allylic oxidation sites excluding steroid dienone is 12. The third-order valence-electron chi connectivity index (χ3n) is 12.2. The topological polar surface area (TPSA) is 78.9 Å². The molecule has 1 atom stereocenters. The van der Waals surface area contributed by atoms with Crippen molar-refractivity contribution in [2.24, 2.45) is 0 Å². The Labute approximate surface area is 414 Å². The fourth-order valence-electron chi connectivity index (χ4n) is 7.89. The highest BCUT2D eigenvalue weighted by molar-refractivity contribution is 5.71. The van der Waals surface area contributed by atoms with E-state index in [2.05, 4.69) is 93.7 Å². The van der Waals surface area contributed by atoms with Gasteiger partial charge in [0.1, 0.15) is 13.2 Å². The number of unbranched alkanes of at least 4 members (excludes halogenated alkanes) is 28. The Bertz CT molecular complexity index is 1260. The van der Waals surface area contributed by atoms with E-state index in [1.165, 1.54) is 122 Å². The third kappa shape index (κ3) is 53.7. The van der Waals surface area contributed by atoms with Gasteiger partial charge in [-0.1, -0.05) is 222 Å². The third-order valence-corrected chi connectivity index (χ3v) is 12.2. The van der Waals surface area contributed by atoms with E-state index in [-0.39, 0.29) is 31.1 Å². The lowest BCUT2D eigenvalue weighted by atomic mass is 10.1. The molecule has 0 aliphatic rings. The Morgan fingerprint density at radius 2 is 0.582 bits per heavy atom. The Morgan fingerprint density at radius 1 is 0.313 bits per heavy atom. The van der Waals surface area contributed by atoms with Gasteiger partial charge in [0.05, 0.1) is 0 Å². The lowest BCUT2D eigenvalue weighted by Gasteiger charge is -2.18. The summed E-state index contributed by atoms with van der Waals surface area (Å²) in [5, 5.41) is 0. The van der Waals surface area contributed by atoms with E-state index >= 15 is 0 Å². The van der Waals surface area contributed by atoms with Crippen molar-refractivity contribution in [2.75, 3.05) is 13.2 Å². The van der Waals surface area contributed by atoms with Crippen LogP contribution in [0.5, 0.6) is 0 Å². The van der Waals surface area contributed by atoms with E-state index in [1.807, 2.05) is 0 Å². The molecule has 0 fully saturated rings. The maximum Gasteiger partial charge on any atom is 0.306 e. The van der Waals surface area contributed by atoms with Crippen LogP contribution in [0.15, 0.2) is 72.9 Å². The highest BCUT2D eigenvalue weighted by atomic mass is 16.6. The first-order valence-corrected chi connectivity index (χ1v) is 28.4. The Hall–Kier alpha value is -3.15. The summed E-state index contributed by atoms with van der Waals surface area (Å²) in [5.74, 6) is -0.920. The van der Waals surface area contributed by atoms with Crippen molar-refractivity contribution >= 4 is 17.9 Å². The molecule has 6 nitrogen and oxygen atoms in total. The van der Waals surface area contributed by atoms with Crippen LogP contribution in [0, 0.1) is 0 Å². The maximum absolute atomic E-state index is 12.8. The van der Waals surface area contributed by atoms with E-state index in [9.17, 15) is 14.4 Å². The van der Waals surface area contributed by atoms with Crippen LogP contribution in [-0.4, -0.2) is 37.2 Å². The number of ether oxygens (including phenoxy) is 3. The molecule has 1 unspecified atom stereocenters. The molecule has 0 amide bonds. The average Bonchev–Trinajstić information content (AvgIpc) is 3.33. The van der Waals surface area contributed by atoms with Crippen molar-refractivity contribution in [3.63, 3.8) is 0 Å². The summed E-state index contributed by atoms with van der Waals surface area (Å²) < 4.78 is 16.8. The molecule has 0 N–H and O–H groups in total. The van der Waals surface area contributed by atoms with Gasteiger partial charge in [-0.2, -0.15) is 0 Å². The second-order valence-corrected chi connectivity index (χ2v) is 18.8. The van der Waals surface area contributed by atoms with Crippen molar-refractivity contribution in [3.05, 3.63) is 72.9 Å². The first-order chi connectivity index (χ1) is 33.0. The Morgan fingerprint density at radius 3 is 0.940 bits per heavy atom. The molecule has 386 valence electrons. The molecule has 0 saturated heterocycles. The molecule has 0 aliphatic heterocycles. The molecule has 0 aromatic carbocycles. The second-order valence-electron chi connectivity index (χ2n) is 18.8. The minimum atomic E-state index is -0.792. The summed E-state index contributed by atoms with van der Waals surface area (Å²) in [5.41, 5.74) is 0. The van der Waals surface area contributed by atoms with Gasteiger partial charge in [-0.25, -0.2) is 0 Å². The lowest BCUT2D eigenvalue weighted by Crippen LogP contribution is -2.30. The number of carbonyl (C=O) groups is 3. The highest BCUT2D eigenvalue weighted by Crippen LogP contribution is 2.14. The fraction of sp³-hybridized carbons (Fsp3) is 0.754. The molecule has 0 radical (unpaired) electrons. The number of hydrogen-bond donors (Lipinski definition) is 0. The summed E-state index contributed by atoms with van der Waals surface area (Å²) in [6.45, 7) is 6.50. The molecule has 0 spiro atoms. The first kappa shape index (κ1) is 63.8. The van der Waals surface area contributed by atoms with Crippen LogP contribution in [0.1, 0.15) is 278 Å². The largest absolute Gasteiger partial charge is 0.462 e. The van der Waals surface area contributed by atoms with Crippen LogP contribution in [0.25, 0.3) is 0 Å². The van der Waals surface area contributed by atoms with Gasteiger partial charge >= 0.3 is 17.9 Å². The van der Waals surface area contributed by atoms with Gasteiger partial charge in [0.2, 0.25) is 0 Å². The Kier molecular flexibility index (Phi) is 52.8. The van der Waals surface area contributed by atoms with Crippen LogP contribution in [0.4, 0.5) is 0 Å². The monoisotopic (exact) mass is 935 g/mol. The molecule has 0 aromatic rings. The van der Waals surface area contributed by atoms with Gasteiger partial charge < -0.3 is 14.2 Å². The zero-order valence-corrected chi connectivity index (χ0v) is 44.2. The molecule has 0 rings (SSSR count). The molecular weight excluding hydrogens is 829 g/mol. The molecule has 0 saturated carbocycles. The van der Waals surface area contributed by atoms with E-state index in [4.69, 9.17) is 14.2 Å². The van der Waals surface area contributed by atoms with Crippen LogP contribution in [0.2, 0.25) is 0 Å². The minimum absolute atomic E-state index is 0.0905. The Balaban J connectivity index is 4.42. The van der Waals surface area contributed by atoms with E-state index in [0.29, 0.717) is 19.3 Å². The van der Waals surface area contributed by atoms with Crippen molar-refractivity contribution in [1.82, 2.24) is 0 Å². The van der Waals surface area contributed by atoms with Crippen LogP contribution in [0.3, 0.4) is 0 Å². The number of rotatable bonds is 51. The van der Waals surface area contributed by atoms with Gasteiger partial charge in [0, 0.05) is 19.3 Å². The highest BCUT2D eigenvalue weighted by Gasteiger charge is 2.19. The zero-order valence-electron chi connectivity index (χ0n) is 44.2. The van der Waals surface area contributed by atoms with Crippen molar-refractivity contribution in [3.8, 4) is 0 Å². The van der Waals surface area contributed by atoms with Gasteiger partial charge in [-0.3, -0.25) is 14.4 Å². The predicted molar refractivity (Wildman–Crippen MR) is 288 cm³/mol. The minimum Gasteiger partial charge on any atom is -0.462 e. The molecule has 6 heteroatoms. The van der Waals surface area contributed by atoms with E-state index < -0.39 is 6.10 Å². The smallest absolute Gasteiger partial charge is 0.306 e. The van der Waals surface area contributed by atoms with Crippen LogP contribution < -0.4 is 0 Å². The summed E-state index contributed by atoms with van der Waals surface area (Å²) in [4.78, 5) is 38.1. The molecule has 0 aromatic heterocycles. The van der Waals surface area contributed by atoms with E-state index in [1.54, 1.807) is 0 Å². The first-order valence-electron chi connectivity index (χ1n) is 28.4. The SMILES string of the molecule is CC/C=C\C/C=C\C/C=C\C/C=C\CCCCCCCCC(=O)OCC(COC(=O)CCCCC/C=C\CCCCCCCCC)OC(=O)CCCCCCC/C=C\CCCCCCCCC. The summed E-state index contributed by atoms with van der Waals surface area (Å²) in [6, 6.07) is 0. The zero-order chi connectivity index (χ0) is 48.6. The number of hydrogen-bond acceptors (Lipinski definition) is 6. The number of carbonyl (C=O) groups excluding carboxylic acids is 3. The predicted octanol–water partition coefficient (Wildman–Crippen LogP) is 19.0. The van der Waals surface area contributed by atoms with Gasteiger partial charge in [0.15, 0.2) is 6.10 Å². The van der Waals surface area contributed by atoms with Gasteiger partial charge in [-0.15, -0.1) is 0 Å². The average molecular weight is 936 g/mol. The normalized spacial score (nSPS) is 12.6. The molecule has 0 aliphatic carbocycles.